The van der Waals surface area contributed by atoms with Crippen molar-refractivity contribution in [3.8, 4) is 0 Å². The van der Waals surface area contributed by atoms with Crippen molar-refractivity contribution in [2.24, 2.45) is 11.8 Å². The van der Waals surface area contributed by atoms with E-state index in [1.165, 1.54) is 17.3 Å². The predicted octanol–water partition coefficient (Wildman–Crippen LogP) is 5.71. The zero-order valence-electron chi connectivity index (χ0n) is 20.2. The zero-order valence-corrected chi connectivity index (χ0v) is 21.1. The van der Waals surface area contributed by atoms with Gasteiger partial charge >= 0.3 is 5.97 Å². The molecule has 0 bridgehead atoms. The molecule has 0 saturated carbocycles. The lowest BCUT2D eigenvalue weighted by molar-refractivity contribution is -0.146. The standard InChI is InChI=1S/C30H28N2O4S/c33-28(24-11-5-6-12-25(24)30(35)36)31-22-14-16-23(17-15-22)37-27(21-9-2-1-3-10-21)29(34)32-19-18-20-8-4-7-13-26(20)32/h1-10,13-17,24-25,27H,11-12,18-19H2,(H,31,33)(H,35,36)/t24-,25+,27-/m0/s1. The van der Waals surface area contributed by atoms with E-state index in [1.807, 2.05) is 77.7 Å². The highest BCUT2D eigenvalue weighted by molar-refractivity contribution is 8.00. The van der Waals surface area contributed by atoms with Crippen molar-refractivity contribution < 1.29 is 19.5 Å². The lowest BCUT2D eigenvalue weighted by Crippen LogP contribution is -2.34. The molecule has 37 heavy (non-hydrogen) atoms. The van der Waals surface area contributed by atoms with E-state index in [4.69, 9.17) is 0 Å². The van der Waals surface area contributed by atoms with Crippen LogP contribution in [0.25, 0.3) is 0 Å². The van der Waals surface area contributed by atoms with Gasteiger partial charge in [0, 0.05) is 22.8 Å². The second kappa shape index (κ2) is 11.0. The lowest BCUT2D eigenvalue weighted by atomic mass is 9.82. The number of aliphatic carboxylic acids is 1. The van der Waals surface area contributed by atoms with E-state index in [2.05, 4.69) is 11.4 Å². The molecule has 2 amide bonds. The summed E-state index contributed by atoms with van der Waals surface area (Å²) in [5.41, 5.74) is 3.70. The highest BCUT2D eigenvalue weighted by atomic mass is 32.2. The fourth-order valence-electron chi connectivity index (χ4n) is 4.96. The fourth-order valence-corrected chi connectivity index (χ4v) is 6.05. The Morgan fingerprint density at radius 2 is 1.54 bits per heavy atom. The number of carbonyl (C=O) groups excluding carboxylic acids is 2. The van der Waals surface area contributed by atoms with Gasteiger partial charge in [0.05, 0.1) is 11.8 Å². The molecule has 1 aliphatic carbocycles. The van der Waals surface area contributed by atoms with Crippen molar-refractivity contribution in [1.82, 2.24) is 0 Å². The van der Waals surface area contributed by atoms with Gasteiger partial charge in [0.15, 0.2) is 0 Å². The van der Waals surface area contributed by atoms with Crippen molar-refractivity contribution in [2.45, 2.75) is 29.4 Å². The summed E-state index contributed by atoms with van der Waals surface area (Å²) in [6, 6.07) is 25.2. The summed E-state index contributed by atoms with van der Waals surface area (Å²) in [7, 11) is 0. The van der Waals surface area contributed by atoms with Gasteiger partial charge < -0.3 is 15.3 Å². The molecule has 1 aliphatic heterocycles. The number of nitrogens with zero attached hydrogens (tertiary/aromatic N) is 1. The van der Waals surface area contributed by atoms with E-state index in [1.54, 1.807) is 12.1 Å². The van der Waals surface area contributed by atoms with Crippen molar-refractivity contribution in [3.05, 3.63) is 102 Å². The molecule has 7 heteroatoms. The van der Waals surface area contributed by atoms with Crippen LogP contribution in [0.5, 0.6) is 0 Å². The van der Waals surface area contributed by atoms with Crippen LogP contribution in [-0.2, 0) is 20.8 Å². The number of anilines is 2. The van der Waals surface area contributed by atoms with E-state index < -0.39 is 23.1 Å². The minimum Gasteiger partial charge on any atom is -0.481 e. The van der Waals surface area contributed by atoms with Crippen molar-refractivity contribution in [1.29, 1.82) is 0 Å². The number of hydrogen-bond donors (Lipinski definition) is 2. The van der Waals surface area contributed by atoms with Gasteiger partial charge in [-0.25, -0.2) is 0 Å². The third kappa shape index (κ3) is 5.47. The normalized spacial score (nSPS) is 19.2. The van der Waals surface area contributed by atoms with Crippen LogP contribution < -0.4 is 10.2 Å². The smallest absolute Gasteiger partial charge is 0.307 e. The number of nitrogens with one attached hydrogen (secondary N) is 1. The van der Waals surface area contributed by atoms with Crippen LogP contribution in [0.15, 0.2) is 95.9 Å². The van der Waals surface area contributed by atoms with Gasteiger partial charge in [-0.05, 0) is 60.7 Å². The number of fused-ring (bicyclic) bond motifs is 1. The van der Waals surface area contributed by atoms with E-state index in [9.17, 15) is 19.5 Å². The Morgan fingerprint density at radius 3 is 2.27 bits per heavy atom. The molecule has 2 aliphatic rings. The van der Waals surface area contributed by atoms with Crippen LogP contribution in [0.1, 0.15) is 29.2 Å². The Morgan fingerprint density at radius 1 is 0.865 bits per heavy atom. The summed E-state index contributed by atoms with van der Waals surface area (Å²) in [6.07, 6.45) is 5.31. The number of thioether (sulfide) groups is 1. The van der Waals surface area contributed by atoms with Gasteiger partial charge in [-0.2, -0.15) is 0 Å². The van der Waals surface area contributed by atoms with Gasteiger partial charge in [0.2, 0.25) is 11.8 Å². The first kappa shape index (κ1) is 24.8. The maximum absolute atomic E-state index is 13.8. The minimum absolute atomic E-state index is 0.0450. The van der Waals surface area contributed by atoms with Crippen LogP contribution in [0.2, 0.25) is 0 Å². The van der Waals surface area contributed by atoms with Gasteiger partial charge in [-0.3, -0.25) is 14.4 Å². The molecule has 3 atom stereocenters. The molecule has 0 aromatic heterocycles. The molecule has 0 fully saturated rings. The predicted molar refractivity (Wildman–Crippen MR) is 146 cm³/mol. The maximum Gasteiger partial charge on any atom is 0.307 e. The molecule has 0 spiro atoms. The molecule has 0 saturated heterocycles. The first-order chi connectivity index (χ1) is 18.0. The Labute approximate surface area is 220 Å². The maximum atomic E-state index is 13.8. The lowest BCUT2D eigenvalue weighted by Gasteiger charge is -2.25. The summed E-state index contributed by atoms with van der Waals surface area (Å²) >= 11 is 1.48. The summed E-state index contributed by atoms with van der Waals surface area (Å²) in [5, 5.41) is 11.9. The van der Waals surface area contributed by atoms with E-state index >= 15 is 0 Å². The van der Waals surface area contributed by atoms with Gasteiger partial charge in [0.25, 0.3) is 0 Å². The van der Waals surface area contributed by atoms with Crippen molar-refractivity contribution in [2.75, 3.05) is 16.8 Å². The van der Waals surface area contributed by atoms with Crippen LogP contribution in [0.3, 0.4) is 0 Å². The molecule has 1 heterocycles. The first-order valence-corrected chi connectivity index (χ1v) is 13.3. The molecular formula is C30H28N2O4S. The number of para-hydroxylation sites is 1. The zero-order chi connectivity index (χ0) is 25.8. The minimum atomic E-state index is -0.950. The summed E-state index contributed by atoms with van der Waals surface area (Å²) in [6.45, 7) is 0.667. The van der Waals surface area contributed by atoms with Crippen LogP contribution in [-0.4, -0.2) is 29.4 Å². The SMILES string of the molecule is O=C(Nc1ccc(S[C@H](C(=O)N2CCc3ccccc32)c2ccccc2)cc1)[C@H]1CC=CC[C@H]1C(=O)O. The molecule has 188 valence electrons. The van der Waals surface area contributed by atoms with E-state index in [0.717, 1.165) is 22.6 Å². The molecule has 2 N–H and O–H groups in total. The summed E-state index contributed by atoms with van der Waals surface area (Å²) in [5.74, 6) is -2.51. The number of carboxylic acid groups (broad SMARTS) is 1. The monoisotopic (exact) mass is 512 g/mol. The fraction of sp³-hybridized carbons (Fsp3) is 0.233. The third-order valence-corrected chi connectivity index (χ3v) is 8.20. The molecule has 6 nitrogen and oxygen atoms in total. The Kier molecular flexibility index (Phi) is 7.42. The van der Waals surface area contributed by atoms with Crippen molar-refractivity contribution >= 4 is 40.9 Å². The number of benzene rings is 3. The molecule has 0 unspecified atom stereocenters. The van der Waals surface area contributed by atoms with Gasteiger partial charge in [0.1, 0.15) is 5.25 Å². The molecule has 3 aromatic carbocycles. The number of hydrogen-bond acceptors (Lipinski definition) is 4. The van der Waals surface area contributed by atoms with Crippen molar-refractivity contribution in [3.63, 3.8) is 0 Å². The quantitative estimate of drug-likeness (QED) is 0.313. The summed E-state index contributed by atoms with van der Waals surface area (Å²) in [4.78, 5) is 40.9. The number of amides is 2. The second-order valence-corrected chi connectivity index (χ2v) is 10.5. The largest absolute Gasteiger partial charge is 0.481 e. The van der Waals surface area contributed by atoms with Crippen LogP contribution >= 0.6 is 11.8 Å². The molecule has 5 rings (SSSR count). The van der Waals surface area contributed by atoms with E-state index in [-0.39, 0.29) is 11.8 Å². The summed E-state index contributed by atoms with van der Waals surface area (Å²) < 4.78 is 0. The average molecular weight is 513 g/mol. The number of rotatable bonds is 7. The Hall–Kier alpha value is -3.84. The highest BCUT2D eigenvalue weighted by Gasteiger charge is 2.34. The highest BCUT2D eigenvalue weighted by Crippen LogP contribution is 2.40. The Bertz CT molecular complexity index is 1320. The van der Waals surface area contributed by atoms with E-state index in [0.29, 0.717) is 25.1 Å². The molecular weight excluding hydrogens is 484 g/mol. The molecule has 3 aromatic rings. The molecule has 0 radical (unpaired) electrons. The van der Waals surface area contributed by atoms with Crippen LogP contribution in [0.4, 0.5) is 11.4 Å². The van der Waals surface area contributed by atoms with Gasteiger partial charge in [-0.15, -0.1) is 11.8 Å². The second-order valence-electron chi connectivity index (χ2n) is 9.28. The number of carboxylic acids is 1. The average Bonchev–Trinajstić information content (AvgIpc) is 3.37. The van der Waals surface area contributed by atoms with Crippen LogP contribution in [0, 0.1) is 11.8 Å². The number of allylic oxidation sites excluding steroid dienone is 2. The topological polar surface area (TPSA) is 86.7 Å². The number of carbonyl (C=O) groups is 3. The Balaban J connectivity index is 1.32. The van der Waals surface area contributed by atoms with Gasteiger partial charge in [-0.1, -0.05) is 60.7 Å². The third-order valence-electron chi connectivity index (χ3n) is 6.94. The first-order valence-electron chi connectivity index (χ1n) is 12.4.